The normalized spacial score (nSPS) is 12.0. The summed E-state index contributed by atoms with van der Waals surface area (Å²) in [6.07, 6.45) is 1.40. The Morgan fingerprint density at radius 3 is 2.11 bits per heavy atom. The number of carboxylic acids is 1. The van der Waals surface area contributed by atoms with Gasteiger partial charge in [-0.05, 0) is 43.0 Å². The molecule has 1 rings (SSSR count). The Labute approximate surface area is 108 Å². The fraction of sp³-hybridized carbons (Fsp3) is 0.400. The number of carboxylic acid groups (broad SMARTS) is 1. The molecule has 0 aliphatic rings. The summed E-state index contributed by atoms with van der Waals surface area (Å²) in [5.74, 6) is 0.0476. The van der Waals surface area contributed by atoms with Crippen molar-refractivity contribution in [2.45, 2.75) is 33.8 Å². The van der Waals surface area contributed by atoms with Gasteiger partial charge in [-0.25, -0.2) is 4.79 Å². The van der Waals surface area contributed by atoms with Crippen molar-refractivity contribution in [3.63, 3.8) is 0 Å². The van der Waals surface area contributed by atoms with Gasteiger partial charge in [0.05, 0.1) is 6.10 Å². The van der Waals surface area contributed by atoms with Crippen molar-refractivity contribution < 1.29 is 14.6 Å². The number of hydrogen-bond acceptors (Lipinski definition) is 2. The molecule has 0 fully saturated rings. The molecular weight excluding hydrogens is 228 g/mol. The van der Waals surface area contributed by atoms with Gasteiger partial charge in [0.25, 0.3) is 0 Å². The minimum absolute atomic E-state index is 0.134. The van der Waals surface area contributed by atoms with E-state index in [-0.39, 0.29) is 12.0 Å². The summed E-state index contributed by atoms with van der Waals surface area (Å²) in [6, 6.07) is 7.53. The number of hydrogen-bond donors (Lipinski definition) is 1. The molecule has 0 atom stereocenters. The van der Waals surface area contributed by atoms with Crippen molar-refractivity contribution in [2.75, 3.05) is 0 Å². The van der Waals surface area contributed by atoms with Gasteiger partial charge in [-0.15, -0.1) is 0 Å². The number of aliphatic carboxylic acids is 1. The second kappa shape index (κ2) is 6.24. The molecule has 0 bridgehead atoms. The molecule has 1 N–H and O–H groups in total. The zero-order chi connectivity index (χ0) is 13.7. The van der Waals surface area contributed by atoms with Crippen LogP contribution in [0, 0.1) is 5.92 Å². The van der Waals surface area contributed by atoms with Crippen LogP contribution in [0.15, 0.2) is 30.3 Å². The van der Waals surface area contributed by atoms with E-state index < -0.39 is 5.97 Å². The molecule has 0 aliphatic heterocycles. The zero-order valence-corrected chi connectivity index (χ0v) is 11.3. The molecule has 18 heavy (non-hydrogen) atoms. The van der Waals surface area contributed by atoms with Gasteiger partial charge in [-0.1, -0.05) is 26.0 Å². The van der Waals surface area contributed by atoms with Gasteiger partial charge in [0, 0.05) is 6.08 Å². The van der Waals surface area contributed by atoms with E-state index in [1.54, 1.807) is 0 Å². The van der Waals surface area contributed by atoms with Crippen LogP contribution in [0.4, 0.5) is 0 Å². The standard InChI is InChI=1S/C15H20O3/c1-10(2)14(9-15(16)17)12-5-7-13(8-6-12)18-11(3)4/h5-11H,1-4H3,(H,16,17)/b14-9+. The third-order valence-corrected chi connectivity index (χ3v) is 2.46. The maximum absolute atomic E-state index is 10.8. The van der Waals surface area contributed by atoms with E-state index >= 15 is 0 Å². The smallest absolute Gasteiger partial charge is 0.328 e. The Hall–Kier alpha value is -1.77. The molecule has 0 spiro atoms. The lowest BCUT2D eigenvalue weighted by molar-refractivity contribution is -0.131. The van der Waals surface area contributed by atoms with E-state index in [0.29, 0.717) is 0 Å². The van der Waals surface area contributed by atoms with Crippen LogP contribution < -0.4 is 4.74 Å². The Kier molecular flexibility index (Phi) is 4.95. The second-order valence-electron chi connectivity index (χ2n) is 4.78. The molecule has 3 nitrogen and oxygen atoms in total. The van der Waals surface area contributed by atoms with Crippen molar-refractivity contribution in [3.05, 3.63) is 35.9 Å². The highest BCUT2D eigenvalue weighted by atomic mass is 16.5. The van der Waals surface area contributed by atoms with Crippen molar-refractivity contribution in [1.82, 2.24) is 0 Å². The van der Waals surface area contributed by atoms with Gasteiger partial charge in [0.15, 0.2) is 0 Å². The summed E-state index contributed by atoms with van der Waals surface area (Å²) in [4.78, 5) is 10.8. The maximum Gasteiger partial charge on any atom is 0.328 e. The van der Waals surface area contributed by atoms with Crippen LogP contribution in [-0.4, -0.2) is 17.2 Å². The Morgan fingerprint density at radius 2 is 1.72 bits per heavy atom. The molecule has 0 saturated heterocycles. The van der Waals surface area contributed by atoms with E-state index in [1.165, 1.54) is 6.08 Å². The third-order valence-electron chi connectivity index (χ3n) is 2.46. The van der Waals surface area contributed by atoms with Crippen LogP contribution in [0.2, 0.25) is 0 Å². The molecule has 0 saturated carbocycles. The van der Waals surface area contributed by atoms with E-state index in [1.807, 2.05) is 52.0 Å². The summed E-state index contributed by atoms with van der Waals surface area (Å²) in [6.45, 7) is 7.90. The first kappa shape index (κ1) is 14.3. The Balaban J connectivity index is 2.98. The largest absolute Gasteiger partial charge is 0.491 e. The summed E-state index contributed by atoms with van der Waals surface area (Å²) in [5, 5.41) is 8.87. The van der Waals surface area contributed by atoms with Crippen LogP contribution in [0.1, 0.15) is 33.3 Å². The average molecular weight is 248 g/mol. The number of carbonyl (C=O) groups is 1. The minimum atomic E-state index is -0.916. The molecule has 0 heterocycles. The fourth-order valence-electron chi connectivity index (χ4n) is 1.71. The van der Waals surface area contributed by atoms with Crippen LogP contribution >= 0.6 is 0 Å². The van der Waals surface area contributed by atoms with E-state index in [2.05, 4.69) is 0 Å². The lowest BCUT2D eigenvalue weighted by Gasteiger charge is -2.13. The highest BCUT2D eigenvalue weighted by Crippen LogP contribution is 2.25. The van der Waals surface area contributed by atoms with E-state index in [4.69, 9.17) is 9.84 Å². The number of ether oxygens (including phenoxy) is 1. The second-order valence-corrected chi connectivity index (χ2v) is 4.78. The van der Waals surface area contributed by atoms with Crippen molar-refractivity contribution in [3.8, 4) is 5.75 Å². The Morgan fingerprint density at radius 1 is 1.17 bits per heavy atom. The van der Waals surface area contributed by atoms with Gasteiger partial charge in [0.1, 0.15) is 5.75 Å². The lowest BCUT2D eigenvalue weighted by Crippen LogP contribution is -2.05. The van der Waals surface area contributed by atoms with E-state index in [0.717, 1.165) is 16.9 Å². The van der Waals surface area contributed by atoms with Gasteiger partial charge in [-0.3, -0.25) is 0 Å². The molecule has 98 valence electrons. The van der Waals surface area contributed by atoms with Gasteiger partial charge >= 0.3 is 5.97 Å². The highest BCUT2D eigenvalue weighted by Gasteiger charge is 2.09. The maximum atomic E-state index is 10.8. The van der Waals surface area contributed by atoms with Crippen LogP contribution in [0.25, 0.3) is 5.57 Å². The summed E-state index contributed by atoms with van der Waals surface area (Å²) in [5.41, 5.74) is 1.74. The molecule has 0 unspecified atom stereocenters. The van der Waals surface area contributed by atoms with Crippen LogP contribution in [0.5, 0.6) is 5.75 Å². The lowest BCUT2D eigenvalue weighted by atomic mass is 9.95. The van der Waals surface area contributed by atoms with Crippen LogP contribution in [0.3, 0.4) is 0 Å². The first-order valence-electron chi connectivity index (χ1n) is 6.11. The number of rotatable bonds is 5. The third kappa shape index (κ3) is 4.24. The number of allylic oxidation sites excluding steroid dienone is 1. The molecule has 0 radical (unpaired) electrons. The Bertz CT molecular complexity index is 428. The van der Waals surface area contributed by atoms with Crippen molar-refractivity contribution >= 4 is 11.5 Å². The quantitative estimate of drug-likeness (QED) is 0.810. The summed E-state index contributed by atoms with van der Waals surface area (Å²) >= 11 is 0. The highest BCUT2D eigenvalue weighted by molar-refractivity contribution is 5.90. The van der Waals surface area contributed by atoms with Crippen molar-refractivity contribution in [2.24, 2.45) is 5.92 Å². The molecule has 0 aliphatic carbocycles. The molecule has 1 aromatic rings. The SMILES string of the molecule is CC(C)Oc1ccc(/C(=C/C(=O)O)C(C)C)cc1. The summed E-state index contributed by atoms with van der Waals surface area (Å²) < 4.78 is 5.55. The molecule has 0 aromatic heterocycles. The van der Waals surface area contributed by atoms with Gasteiger partial charge < -0.3 is 9.84 Å². The molecular formula is C15H20O3. The average Bonchev–Trinajstić information content (AvgIpc) is 2.26. The van der Waals surface area contributed by atoms with Crippen LogP contribution in [-0.2, 0) is 4.79 Å². The van der Waals surface area contributed by atoms with Crippen molar-refractivity contribution in [1.29, 1.82) is 0 Å². The first-order chi connectivity index (χ1) is 8.40. The predicted octanol–water partition coefficient (Wildman–Crippen LogP) is 3.60. The molecule has 1 aromatic carbocycles. The monoisotopic (exact) mass is 248 g/mol. The van der Waals surface area contributed by atoms with Gasteiger partial charge in [0.2, 0.25) is 0 Å². The molecule has 3 heteroatoms. The topological polar surface area (TPSA) is 46.5 Å². The van der Waals surface area contributed by atoms with Gasteiger partial charge in [-0.2, -0.15) is 0 Å². The first-order valence-corrected chi connectivity index (χ1v) is 6.11. The number of benzene rings is 1. The zero-order valence-electron chi connectivity index (χ0n) is 11.3. The fourth-order valence-corrected chi connectivity index (χ4v) is 1.71. The minimum Gasteiger partial charge on any atom is -0.491 e. The predicted molar refractivity (Wildman–Crippen MR) is 72.7 cm³/mol. The van der Waals surface area contributed by atoms with E-state index in [9.17, 15) is 4.79 Å². The summed E-state index contributed by atoms with van der Waals surface area (Å²) in [7, 11) is 0. The molecule has 0 amide bonds.